The monoisotopic (exact) mass is 478 g/mol. The summed E-state index contributed by atoms with van der Waals surface area (Å²) >= 11 is 6.55. The van der Waals surface area contributed by atoms with Gasteiger partial charge in [-0.15, -0.1) is 0 Å². The summed E-state index contributed by atoms with van der Waals surface area (Å²) in [6.45, 7) is 0.241. The van der Waals surface area contributed by atoms with Gasteiger partial charge in [0.1, 0.15) is 10.1 Å². The summed E-state index contributed by atoms with van der Waals surface area (Å²) in [6, 6.07) is 17.2. The molecule has 0 radical (unpaired) electrons. The van der Waals surface area contributed by atoms with E-state index in [4.69, 9.17) is 22.1 Å². The molecule has 1 amide bonds. The number of thiocarbonyl (C=S) groups is 1. The van der Waals surface area contributed by atoms with E-state index in [0.29, 0.717) is 14.9 Å². The number of carbonyl (C=O) groups is 2. The Bertz CT molecular complexity index is 1220. The number of carboxylic acid groups (broad SMARTS) is 1. The van der Waals surface area contributed by atoms with Gasteiger partial charge in [-0.3, -0.25) is 9.69 Å². The second-order valence-electron chi connectivity index (χ2n) is 7.25. The lowest BCUT2D eigenvalue weighted by Crippen LogP contribution is -2.30. The van der Waals surface area contributed by atoms with Crippen molar-refractivity contribution in [2.75, 3.05) is 13.7 Å². The highest BCUT2D eigenvalue weighted by molar-refractivity contribution is 8.26. The normalized spacial score (nSPS) is 14.8. The Morgan fingerprint density at radius 2 is 1.91 bits per heavy atom. The average Bonchev–Trinajstić information content (AvgIpc) is 3.36. The van der Waals surface area contributed by atoms with Crippen LogP contribution in [0.4, 0.5) is 0 Å². The van der Waals surface area contributed by atoms with E-state index in [1.165, 1.54) is 16.7 Å². The van der Waals surface area contributed by atoms with E-state index in [2.05, 4.69) is 0 Å². The molecule has 9 heteroatoms. The third-order valence-electron chi connectivity index (χ3n) is 5.05. The van der Waals surface area contributed by atoms with E-state index in [0.717, 1.165) is 22.6 Å². The molecule has 4 rings (SSSR count). The molecule has 0 spiro atoms. The maximum absolute atomic E-state index is 12.9. The zero-order chi connectivity index (χ0) is 23.4. The number of aromatic nitrogens is 2. The summed E-state index contributed by atoms with van der Waals surface area (Å²) in [5, 5.41) is 15.5. The van der Waals surface area contributed by atoms with E-state index < -0.39 is 5.97 Å². The van der Waals surface area contributed by atoms with Crippen LogP contribution in [0.5, 0.6) is 5.75 Å². The van der Waals surface area contributed by atoms with Gasteiger partial charge in [0.15, 0.2) is 0 Å². The number of hydrogen-bond acceptors (Lipinski definition) is 7. The van der Waals surface area contributed by atoms with E-state index in [1.54, 1.807) is 17.9 Å². The highest BCUT2D eigenvalue weighted by Crippen LogP contribution is 2.35. The smallest absolute Gasteiger partial charge is 0.266 e. The molecule has 33 heavy (non-hydrogen) atoms. The van der Waals surface area contributed by atoms with E-state index >= 15 is 0 Å². The van der Waals surface area contributed by atoms with E-state index in [-0.39, 0.29) is 25.3 Å². The largest absolute Gasteiger partial charge is 0.550 e. The Morgan fingerprint density at radius 1 is 1.18 bits per heavy atom. The Hall–Kier alpha value is -3.43. The molecule has 0 unspecified atom stereocenters. The van der Waals surface area contributed by atoms with Crippen LogP contribution in [0.15, 0.2) is 65.7 Å². The van der Waals surface area contributed by atoms with Crippen LogP contribution in [0, 0.1) is 0 Å². The van der Waals surface area contributed by atoms with Gasteiger partial charge in [-0.05, 0) is 55.3 Å². The molecule has 7 nitrogen and oxygen atoms in total. The highest BCUT2D eigenvalue weighted by Gasteiger charge is 2.32. The Balaban J connectivity index is 1.69. The number of ether oxygens (including phenoxy) is 1. The zero-order valence-electron chi connectivity index (χ0n) is 17.8. The average molecular weight is 479 g/mol. The maximum atomic E-state index is 12.9. The first-order chi connectivity index (χ1) is 16.0. The molecule has 1 saturated heterocycles. The molecule has 0 N–H and O–H groups in total. The molecule has 1 aromatic heterocycles. The maximum Gasteiger partial charge on any atom is 0.266 e. The van der Waals surface area contributed by atoms with Crippen LogP contribution >= 0.6 is 24.0 Å². The van der Waals surface area contributed by atoms with Crippen molar-refractivity contribution in [1.82, 2.24) is 14.7 Å². The fourth-order valence-corrected chi connectivity index (χ4v) is 4.69. The van der Waals surface area contributed by atoms with Gasteiger partial charge < -0.3 is 14.6 Å². The van der Waals surface area contributed by atoms with E-state index in [1.807, 2.05) is 60.8 Å². The molecule has 3 aromatic rings. The van der Waals surface area contributed by atoms with Crippen molar-refractivity contribution in [3.63, 3.8) is 0 Å². The molecular weight excluding hydrogens is 458 g/mol. The lowest BCUT2D eigenvalue weighted by molar-refractivity contribution is -0.305. The lowest BCUT2D eigenvalue weighted by Gasteiger charge is -2.14. The third kappa shape index (κ3) is 5.15. The van der Waals surface area contributed by atoms with Gasteiger partial charge in [-0.1, -0.05) is 42.2 Å². The van der Waals surface area contributed by atoms with Crippen LogP contribution in [0.2, 0.25) is 0 Å². The van der Waals surface area contributed by atoms with Gasteiger partial charge in [0.05, 0.1) is 23.4 Å². The molecule has 0 aliphatic carbocycles. The summed E-state index contributed by atoms with van der Waals surface area (Å²) in [5.74, 6) is -0.648. The van der Waals surface area contributed by atoms with Crippen molar-refractivity contribution in [2.24, 2.45) is 0 Å². The molecule has 168 valence electrons. The van der Waals surface area contributed by atoms with Crippen molar-refractivity contribution in [2.45, 2.75) is 12.8 Å². The van der Waals surface area contributed by atoms with Crippen LogP contribution in [0.1, 0.15) is 18.4 Å². The number of thioether (sulfide) groups is 1. The second-order valence-corrected chi connectivity index (χ2v) is 8.93. The number of amides is 1. The molecule has 1 aliphatic heterocycles. The summed E-state index contributed by atoms with van der Waals surface area (Å²) in [7, 11) is 1.61. The molecule has 1 fully saturated rings. The molecule has 2 aromatic carbocycles. The van der Waals surface area contributed by atoms with Crippen molar-refractivity contribution in [3.8, 4) is 22.7 Å². The van der Waals surface area contributed by atoms with Gasteiger partial charge in [0.25, 0.3) is 5.91 Å². The second kappa shape index (κ2) is 10.0. The number of carbonyl (C=O) groups excluding carboxylic acids is 2. The first kappa shape index (κ1) is 22.8. The van der Waals surface area contributed by atoms with Gasteiger partial charge in [-0.2, -0.15) is 5.10 Å². The topological polar surface area (TPSA) is 87.5 Å². The number of rotatable bonds is 8. The predicted molar refractivity (Wildman–Crippen MR) is 130 cm³/mol. The van der Waals surface area contributed by atoms with Crippen LogP contribution in [0.3, 0.4) is 0 Å². The summed E-state index contributed by atoms with van der Waals surface area (Å²) in [5.41, 5.74) is 3.24. The zero-order valence-corrected chi connectivity index (χ0v) is 19.4. The summed E-state index contributed by atoms with van der Waals surface area (Å²) in [4.78, 5) is 25.5. The van der Waals surface area contributed by atoms with Gasteiger partial charge in [-0.25, -0.2) is 4.68 Å². The Kier molecular flexibility index (Phi) is 6.90. The van der Waals surface area contributed by atoms with Gasteiger partial charge >= 0.3 is 0 Å². The number of carboxylic acids is 1. The van der Waals surface area contributed by atoms with Crippen LogP contribution in [0.25, 0.3) is 23.0 Å². The third-order valence-corrected chi connectivity index (χ3v) is 6.43. The van der Waals surface area contributed by atoms with Crippen molar-refractivity contribution < 1.29 is 19.4 Å². The molecule has 0 atom stereocenters. The van der Waals surface area contributed by atoms with Crippen LogP contribution in [-0.2, 0) is 9.59 Å². The van der Waals surface area contributed by atoms with Gasteiger partial charge in [0.2, 0.25) is 0 Å². The van der Waals surface area contributed by atoms with Crippen LogP contribution in [-0.4, -0.2) is 44.5 Å². The van der Waals surface area contributed by atoms with Crippen LogP contribution < -0.4 is 9.84 Å². The SMILES string of the molecule is COc1ccc(-c2nn(-c3ccccc3)cc2/C=C2\SC(=S)N(CCCC(=O)[O-])C2=O)cc1. The number of hydrogen-bond donors (Lipinski definition) is 0. The number of para-hydroxylation sites is 1. The van der Waals surface area contributed by atoms with Crippen molar-refractivity contribution in [1.29, 1.82) is 0 Å². The quantitative estimate of drug-likeness (QED) is 0.363. The molecule has 0 bridgehead atoms. The minimum absolute atomic E-state index is 0.123. The number of aliphatic carboxylic acids is 1. The summed E-state index contributed by atoms with van der Waals surface area (Å²) in [6.07, 6.45) is 3.81. The molecule has 2 heterocycles. The Morgan fingerprint density at radius 3 is 2.58 bits per heavy atom. The van der Waals surface area contributed by atoms with Crippen molar-refractivity contribution >= 4 is 46.3 Å². The predicted octanol–water partition coefficient (Wildman–Crippen LogP) is 3.28. The van der Waals surface area contributed by atoms with Gasteiger partial charge in [0, 0.05) is 29.8 Å². The molecule has 1 aliphatic rings. The standard InChI is InChI=1S/C24H21N3O4S2/c1-31-19-11-9-16(10-12-19)22-17(15-27(25-22)18-6-3-2-4-7-18)14-20-23(30)26(24(32)33-20)13-5-8-21(28)29/h2-4,6-7,9-12,14-15H,5,8,13H2,1H3,(H,28,29)/p-1/b20-14-. The first-order valence-electron chi connectivity index (χ1n) is 10.2. The summed E-state index contributed by atoms with van der Waals surface area (Å²) < 4.78 is 7.43. The lowest BCUT2D eigenvalue weighted by atomic mass is 10.1. The van der Waals surface area contributed by atoms with E-state index in [9.17, 15) is 14.7 Å². The minimum Gasteiger partial charge on any atom is -0.550 e. The molecular formula is C24H20N3O4S2-. The number of benzene rings is 2. The number of nitrogens with zero attached hydrogens (tertiary/aromatic N) is 3. The highest BCUT2D eigenvalue weighted by atomic mass is 32.2. The fourth-order valence-electron chi connectivity index (χ4n) is 3.39. The van der Waals surface area contributed by atoms with Crippen molar-refractivity contribution in [3.05, 3.63) is 71.3 Å². The first-order valence-corrected chi connectivity index (χ1v) is 11.4. The minimum atomic E-state index is -1.14. The Labute approximate surface area is 200 Å². The molecule has 0 saturated carbocycles. The fraction of sp³-hybridized carbons (Fsp3) is 0.167. The number of methoxy groups -OCH3 is 1.